The lowest BCUT2D eigenvalue weighted by molar-refractivity contribution is 0.0995. The zero-order valence-electron chi connectivity index (χ0n) is 14.8. The highest BCUT2D eigenvalue weighted by Gasteiger charge is 2.15. The highest BCUT2D eigenvalue weighted by molar-refractivity contribution is 6.30. The van der Waals surface area contributed by atoms with Gasteiger partial charge in [-0.2, -0.15) is 0 Å². The van der Waals surface area contributed by atoms with Crippen molar-refractivity contribution in [2.24, 2.45) is 5.73 Å². The number of hydrogen-bond acceptors (Lipinski definition) is 3. The molecule has 1 amide bonds. The lowest BCUT2D eigenvalue weighted by Crippen LogP contribution is -2.16. The van der Waals surface area contributed by atoms with Gasteiger partial charge in [0.25, 0.3) is 5.91 Å². The van der Waals surface area contributed by atoms with Gasteiger partial charge in [-0.25, -0.2) is 4.98 Å². The van der Waals surface area contributed by atoms with Gasteiger partial charge in [0.15, 0.2) is 0 Å². The fraction of sp³-hybridized carbons (Fsp3) is 0.286. The molecule has 0 spiro atoms. The Kier molecular flexibility index (Phi) is 5.84. The number of unbranched alkanes of at least 4 members (excludes halogenated alkanes) is 3. The minimum absolute atomic E-state index is 0.357. The van der Waals surface area contributed by atoms with E-state index in [4.69, 9.17) is 17.3 Å². The summed E-state index contributed by atoms with van der Waals surface area (Å²) in [5, 5.41) is 1.58. The van der Waals surface area contributed by atoms with Gasteiger partial charge in [0, 0.05) is 28.4 Å². The van der Waals surface area contributed by atoms with E-state index in [2.05, 4.69) is 16.9 Å². The summed E-state index contributed by atoms with van der Waals surface area (Å²) < 4.78 is 0. The summed E-state index contributed by atoms with van der Waals surface area (Å²) in [5.41, 5.74) is 9.41. The number of pyridine rings is 2. The molecule has 2 N–H and O–H groups in total. The highest BCUT2D eigenvalue weighted by atomic mass is 35.5. The Hall–Kier alpha value is -2.46. The third-order valence-electron chi connectivity index (χ3n) is 4.49. The SMILES string of the molecule is CCCCCCc1cc2cncc(-c3ccc(Cl)cc3)c2nc1C(N)=O. The first kappa shape index (κ1) is 18.3. The number of carbonyl (C=O) groups excluding carboxylic acids is 1. The topological polar surface area (TPSA) is 68.9 Å². The summed E-state index contributed by atoms with van der Waals surface area (Å²) >= 11 is 5.98. The Morgan fingerprint density at radius 2 is 1.88 bits per heavy atom. The molecule has 0 saturated heterocycles. The molecular weight excluding hydrogens is 346 g/mol. The van der Waals surface area contributed by atoms with Gasteiger partial charge in [-0.15, -0.1) is 0 Å². The fourth-order valence-electron chi connectivity index (χ4n) is 3.13. The molecule has 5 heteroatoms. The Morgan fingerprint density at radius 1 is 1.12 bits per heavy atom. The van der Waals surface area contributed by atoms with E-state index in [0.29, 0.717) is 10.7 Å². The van der Waals surface area contributed by atoms with Crippen molar-refractivity contribution in [3.8, 4) is 11.1 Å². The molecule has 1 aromatic carbocycles. The van der Waals surface area contributed by atoms with Crippen molar-refractivity contribution in [2.75, 3.05) is 0 Å². The van der Waals surface area contributed by atoms with E-state index >= 15 is 0 Å². The second-order valence-corrected chi connectivity index (χ2v) is 6.87. The van der Waals surface area contributed by atoms with Crippen LogP contribution >= 0.6 is 11.6 Å². The number of benzene rings is 1. The van der Waals surface area contributed by atoms with Gasteiger partial charge in [-0.3, -0.25) is 9.78 Å². The van der Waals surface area contributed by atoms with Crippen LogP contribution in [0.5, 0.6) is 0 Å². The second-order valence-electron chi connectivity index (χ2n) is 6.44. The van der Waals surface area contributed by atoms with E-state index < -0.39 is 5.91 Å². The number of primary amides is 1. The van der Waals surface area contributed by atoms with Gasteiger partial charge in [0.1, 0.15) is 5.69 Å². The first-order chi connectivity index (χ1) is 12.6. The van der Waals surface area contributed by atoms with Gasteiger partial charge in [-0.1, -0.05) is 49.9 Å². The monoisotopic (exact) mass is 367 g/mol. The predicted molar refractivity (Wildman–Crippen MR) is 106 cm³/mol. The van der Waals surface area contributed by atoms with Crippen LogP contribution in [0.1, 0.15) is 48.7 Å². The molecule has 3 aromatic rings. The number of nitrogens with zero attached hydrogens (tertiary/aromatic N) is 2. The number of aromatic nitrogens is 2. The van der Waals surface area contributed by atoms with Crippen LogP contribution in [0.25, 0.3) is 22.0 Å². The second kappa shape index (κ2) is 8.28. The number of nitrogens with two attached hydrogens (primary N) is 1. The summed E-state index contributed by atoms with van der Waals surface area (Å²) in [5.74, 6) is -0.490. The van der Waals surface area contributed by atoms with Crippen molar-refractivity contribution in [2.45, 2.75) is 39.0 Å². The molecular formula is C21H22ClN3O. The predicted octanol–water partition coefficient (Wildman–Crippen LogP) is 5.17. The van der Waals surface area contributed by atoms with Gasteiger partial charge >= 0.3 is 0 Å². The zero-order chi connectivity index (χ0) is 18.5. The van der Waals surface area contributed by atoms with Gasteiger partial charge in [-0.05, 0) is 42.2 Å². The van der Waals surface area contributed by atoms with Crippen LogP contribution in [0.15, 0.2) is 42.7 Å². The lowest BCUT2D eigenvalue weighted by Gasteiger charge is -2.11. The molecule has 26 heavy (non-hydrogen) atoms. The van der Waals surface area contributed by atoms with Crippen molar-refractivity contribution < 1.29 is 4.79 Å². The van der Waals surface area contributed by atoms with Crippen LogP contribution in [-0.2, 0) is 6.42 Å². The van der Waals surface area contributed by atoms with E-state index in [1.54, 1.807) is 12.4 Å². The molecule has 2 heterocycles. The number of amides is 1. The molecule has 0 atom stereocenters. The van der Waals surface area contributed by atoms with Crippen LogP contribution in [-0.4, -0.2) is 15.9 Å². The maximum Gasteiger partial charge on any atom is 0.267 e. The van der Waals surface area contributed by atoms with Crippen molar-refractivity contribution in [1.29, 1.82) is 0 Å². The minimum Gasteiger partial charge on any atom is -0.364 e. The molecule has 0 bridgehead atoms. The quantitative estimate of drug-likeness (QED) is 0.585. The average Bonchev–Trinajstić information content (AvgIpc) is 2.64. The van der Waals surface area contributed by atoms with E-state index in [1.807, 2.05) is 30.3 Å². The molecule has 2 aromatic heterocycles. The molecule has 0 aliphatic carbocycles. The minimum atomic E-state index is -0.490. The number of carbonyl (C=O) groups is 1. The third kappa shape index (κ3) is 4.02. The number of rotatable bonds is 7. The van der Waals surface area contributed by atoms with Crippen molar-refractivity contribution >= 4 is 28.4 Å². The zero-order valence-corrected chi connectivity index (χ0v) is 15.6. The van der Waals surface area contributed by atoms with E-state index in [-0.39, 0.29) is 0 Å². The molecule has 0 aliphatic rings. The smallest absolute Gasteiger partial charge is 0.267 e. The van der Waals surface area contributed by atoms with E-state index in [1.165, 1.54) is 12.8 Å². The van der Waals surface area contributed by atoms with E-state index in [0.717, 1.165) is 46.9 Å². The summed E-state index contributed by atoms with van der Waals surface area (Å²) in [6, 6.07) is 9.49. The van der Waals surface area contributed by atoms with E-state index in [9.17, 15) is 4.79 Å². The Balaban J connectivity index is 2.06. The fourth-order valence-corrected chi connectivity index (χ4v) is 3.25. The number of fused-ring (bicyclic) bond motifs is 1. The van der Waals surface area contributed by atoms with Gasteiger partial charge in [0.05, 0.1) is 5.52 Å². The maximum absolute atomic E-state index is 12.0. The molecule has 134 valence electrons. The maximum atomic E-state index is 12.0. The van der Waals surface area contributed by atoms with Crippen LogP contribution in [0.3, 0.4) is 0 Å². The molecule has 0 unspecified atom stereocenters. The van der Waals surface area contributed by atoms with Crippen LogP contribution < -0.4 is 5.73 Å². The van der Waals surface area contributed by atoms with Crippen LogP contribution in [0.2, 0.25) is 5.02 Å². The summed E-state index contributed by atoms with van der Waals surface area (Å²) in [6.45, 7) is 2.18. The number of halogens is 1. The number of aryl methyl sites for hydroxylation is 1. The number of hydrogen-bond donors (Lipinski definition) is 1. The summed E-state index contributed by atoms with van der Waals surface area (Å²) in [7, 11) is 0. The molecule has 0 aliphatic heterocycles. The first-order valence-corrected chi connectivity index (χ1v) is 9.31. The molecule has 4 nitrogen and oxygen atoms in total. The van der Waals surface area contributed by atoms with Crippen molar-refractivity contribution in [3.05, 3.63) is 59.0 Å². The lowest BCUT2D eigenvalue weighted by atomic mass is 10.00. The molecule has 0 radical (unpaired) electrons. The standard InChI is InChI=1S/C21H22ClN3O/c1-2-3-4-5-6-15-11-16-12-24-13-18(14-7-9-17(22)10-8-14)19(16)25-20(15)21(23)26/h7-13H,2-6H2,1H3,(H2,23,26). The van der Waals surface area contributed by atoms with Gasteiger partial charge < -0.3 is 5.73 Å². The first-order valence-electron chi connectivity index (χ1n) is 8.93. The normalized spacial score (nSPS) is 11.0. The summed E-state index contributed by atoms with van der Waals surface area (Å²) in [4.78, 5) is 20.9. The van der Waals surface area contributed by atoms with Crippen molar-refractivity contribution in [3.63, 3.8) is 0 Å². The molecule has 3 rings (SSSR count). The van der Waals surface area contributed by atoms with Gasteiger partial charge in [0.2, 0.25) is 0 Å². The Labute approximate surface area is 158 Å². The van der Waals surface area contributed by atoms with Crippen molar-refractivity contribution in [1.82, 2.24) is 9.97 Å². The molecule has 0 saturated carbocycles. The Bertz CT molecular complexity index is 922. The third-order valence-corrected chi connectivity index (χ3v) is 4.74. The Morgan fingerprint density at radius 3 is 2.58 bits per heavy atom. The highest BCUT2D eigenvalue weighted by Crippen LogP contribution is 2.29. The van der Waals surface area contributed by atoms with Crippen LogP contribution in [0.4, 0.5) is 0 Å². The largest absolute Gasteiger partial charge is 0.364 e. The van der Waals surface area contributed by atoms with Crippen LogP contribution in [0, 0.1) is 0 Å². The molecule has 0 fully saturated rings. The summed E-state index contributed by atoms with van der Waals surface area (Å²) in [6.07, 6.45) is 8.85. The average molecular weight is 368 g/mol.